The number of carbonyl (C=O) groups excluding carboxylic acids is 1. The van der Waals surface area contributed by atoms with E-state index in [4.69, 9.17) is 25.8 Å². The first-order valence-corrected chi connectivity index (χ1v) is 10.9. The fourth-order valence-corrected chi connectivity index (χ4v) is 3.50. The standard InChI is InChI=1S/C23H19BrClN3O4/c24-19-9-16(3-7-20(19)30-13-15-1-4-17(25)5-2-15)11-27-28-23(29)12-26-18-6-8-21-22(10-18)32-14-31-21/h1-11,26H,12-14H2,(H,28,29)/b27-11+. The topological polar surface area (TPSA) is 81.2 Å². The van der Waals surface area contributed by atoms with E-state index in [1.165, 1.54) is 0 Å². The van der Waals surface area contributed by atoms with Gasteiger partial charge in [0.15, 0.2) is 11.5 Å². The van der Waals surface area contributed by atoms with E-state index in [0.29, 0.717) is 28.9 Å². The lowest BCUT2D eigenvalue weighted by molar-refractivity contribution is -0.119. The van der Waals surface area contributed by atoms with E-state index >= 15 is 0 Å². The van der Waals surface area contributed by atoms with Crippen molar-refractivity contribution in [2.75, 3.05) is 18.7 Å². The summed E-state index contributed by atoms with van der Waals surface area (Å²) in [5, 5.41) is 7.71. The van der Waals surface area contributed by atoms with E-state index in [1.54, 1.807) is 18.3 Å². The molecule has 4 rings (SSSR count). The van der Waals surface area contributed by atoms with Gasteiger partial charge in [0, 0.05) is 16.8 Å². The number of halogens is 2. The second-order valence-corrected chi connectivity index (χ2v) is 8.11. The van der Waals surface area contributed by atoms with Crippen LogP contribution in [0.3, 0.4) is 0 Å². The zero-order chi connectivity index (χ0) is 22.3. The van der Waals surface area contributed by atoms with Gasteiger partial charge in [0.25, 0.3) is 5.91 Å². The first-order chi connectivity index (χ1) is 15.6. The Hall–Kier alpha value is -3.23. The van der Waals surface area contributed by atoms with Crippen LogP contribution in [-0.4, -0.2) is 25.5 Å². The zero-order valence-corrected chi connectivity index (χ0v) is 19.2. The number of hydrogen-bond acceptors (Lipinski definition) is 6. The Labute approximate surface area is 198 Å². The highest BCUT2D eigenvalue weighted by Crippen LogP contribution is 2.34. The Balaban J connectivity index is 1.24. The van der Waals surface area contributed by atoms with Crippen molar-refractivity contribution < 1.29 is 19.0 Å². The predicted molar refractivity (Wildman–Crippen MR) is 127 cm³/mol. The number of benzene rings is 3. The molecule has 0 spiro atoms. The fraction of sp³-hybridized carbons (Fsp3) is 0.130. The summed E-state index contributed by atoms with van der Waals surface area (Å²) in [6.07, 6.45) is 1.56. The Bertz CT molecular complexity index is 1140. The number of anilines is 1. The summed E-state index contributed by atoms with van der Waals surface area (Å²) in [6, 6.07) is 18.4. The Kier molecular flexibility index (Phi) is 7.14. The first-order valence-electron chi connectivity index (χ1n) is 9.69. The monoisotopic (exact) mass is 515 g/mol. The molecule has 2 N–H and O–H groups in total. The first kappa shape index (κ1) is 22.0. The molecular formula is C23H19BrClN3O4. The van der Waals surface area contributed by atoms with E-state index in [0.717, 1.165) is 21.3 Å². The summed E-state index contributed by atoms with van der Waals surface area (Å²) >= 11 is 9.40. The Morgan fingerprint density at radius 3 is 2.72 bits per heavy atom. The van der Waals surface area contributed by atoms with Gasteiger partial charge in [-0.15, -0.1) is 0 Å². The minimum absolute atomic E-state index is 0.0676. The predicted octanol–water partition coefficient (Wildman–Crippen LogP) is 4.97. The number of nitrogens with zero attached hydrogens (tertiary/aromatic N) is 1. The number of ether oxygens (including phenoxy) is 3. The molecule has 3 aromatic carbocycles. The maximum absolute atomic E-state index is 12.0. The van der Waals surface area contributed by atoms with Crippen LogP contribution in [0.2, 0.25) is 5.02 Å². The zero-order valence-electron chi connectivity index (χ0n) is 16.8. The van der Waals surface area contributed by atoms with Crippen LogP contribution < -0.4 is 25.0 Å². The SMILES string of the molecule is O=C(CNc1ccc2c(c1)OCO2)N/N=C/c1ccc(OCc2ccc(Cl)cc2)c(Br)c1. The van der Waals surface area contributed by atoms with Crippen molar-refractivity contribution in [2.45, 2.75) is 6.61 Å². The summed E-state index contributed by atoms with van der Waals surface area (Å²) < 4.78 is 17.2. The lowest BCUT2D eigenvalue weighted by Gasteiger charge is -2.09. The molecule has 1 aliphatic heterocycles. The normalized spacial score (nSPS) is 12.1. The molecule has 0 saturated heterocycles. The minimum atomic E-state index is -0.277. The van der Waals surface area contributed by atoms with Gasteiger partial charge in [-0.25, -0.2) is 5.43 Å². The number of hydrogen-bond donors (Lipinski definition) is 2. The van der Waals surface area contributed by atoms with E-state index in [1.807, 2.05) is 48.5 Å². The summed E-state index contributed by atoms with van der Waals surface area (Å²) in [5.74, 6) is 1.77. The Morgan fingerprint density at radius 1 is 1.09 bits per heavy atom. The van der Waals surface area contributed by atoms with Crippen molar-refractivity contribution in [2.24, 2.45) is 5.10 Å². The molecule has 1 heterocycles. The van der Waals surface area contributed by atoms with Gasteiger partial charge < -0.3 is 19.5 Å². The fourth-order valence-electron chi connectivity index (χ4n) is 2.86. The quantitative estimate of drug-likeness (QED) is 0.326. The number of amides is 1. The average molecular weight is 517 g/mol. The number of hydrazone groups is 1. The van der Waals surface area contributed by atoms with Gasteiger partial charge in [-0.3, -0.25) is 4.79 Å². The van der Waals surface area contributed by atoms with Crippen LogP contribution in [0.5, 0.6) is 17.2 Å². The highest BCUT2D eigenvalue weighted by molar-refractivity contribution is 9.10. The van der Waals surface area contributed by atoms with E-state index < -0.39 is 0 Å². The molecule has 1 amide bonds. The highest BCUT2D eigenvalue weighted by Gasteiger charge is 2.13. The molecule has 0 radical (unpaired) electrons. The third kappa shape index (κ3) is 5.93. The molecule has 0 aliphatic carbocycles. The van der Waals surface area contributed by atoms with Gasteiger partial charge in [-0.05, 0) is 69.5 Å². The van der Waals surface area contributed by atoms with Crippen molar-refractivity contribution in [1.82, 2.24) is 5.43 Å². The molecule has 0 saturated carbocycles. The number of carbonyl (C=O) groups is 1. The molecule has 0 bridgehead atoms. The number of nitrogens with one attached hydrogen (secondary N) is 2. The third-order valence-electron chi connectivity index (χ3n) is 4.49. The van der Waals surface area contributed by atoms with Gasteiger partial charge in [0.1, 0.15) is 12.4 Å². The molecule has 32 heavy (non-hydrogen) atoms. The van der Waals surface area contributed by atoms with Crippen LogP contribution in [0.25, 0.3) is 0 Å². The average Bonchev–Trinajstić information content (AvgIpc) is 3.26. The van der Waals surface area contributed by atoms with E-state index in [2.05, 4.69) is 31.8 Å². The lowest BCUT2D eigenvalue weighted by atomic mass is 10.2. The molecule has 9 heteroatoms. The van der Waals surface area contributed by atoms with Gasteiger partial charge >= 0.3 is 0 Å². The summed E-state index contributed by atoms with van der Waals surface area (Å²) in [5.41, 5.74) is 5.07. The van der Waals surface area contributed by atoms with Gasteiger partial charge in [0.05, 0.1) is 17.2 Å². The van der Waals surface area contributed by atoms with Crippen molar-refractivity contribution >= 4 is 45.3 Å². The van der Waals surface area contributed by atoms with Crippen LogP contribution in [0.4, 0.5) is 5.69 Å². The van der Waals surface area contributed by atoms with Gasteiger partial charge in [0.2, 0.25) is 6.79 Å². The summed E-state index contributed by atoms with van der Waals surface area (Å²) in [4.78, 5) is 12.0. The van der Waals surface area contributed by atoms with E-state index in [-0.39, 0.29) is 19.2 Å². The van der Waals surface area contributed by atoms with Crippen molar-refractivity contribution in [3.05, 3.63) is 81.3 Å². The maximum Gasteiger partial charge on any atom is 0.259 e. The molecule has 0 unspecified atom stereocenters. The number of rotatable bonds is 8. The van der Waals surface area contributed by atoms with Crippen LogP contribution in [0, 0.1) is 0 Å². The highest BCUT2D eigenvalue weighted by atomic mass is 79.9. The molecule has 0 fully saturated rings. The van der Waals surface area contributed by atoms with E-state index in [9.17, 15) is 4.79 Å². The van der Waals surface area contributed by atoms with Crippen LogP contribution in [0.1, 0.15) is 11.1 Å². The Morgan fingerprint density at radius 2 is 1.91 bits per heavy atom. The molecule has 0 atom stereocenters. The maximum atomic E-state index is 12.0. The molecule has 0 aromatic heterocycles. The summed E-state index contributed by atoms with van der Waals surface area (Å²) in [7, 11) is 0. The smallest absolute Gasteiger partial charge is 0.259 e. The third-order valence-corrected chi connectivity index (χ3v) is 5.36. The molecule has 1 aliphatic rings. The molecule has 7 nitrogen and oxygen atoms in total. The van der Waals surface area contributed by atoms with Gasteiger partial charge in [-0.1, -0.05) is 23.7 Å². The second-order valence-electron chi connectivity index (χ2n) is 6.82. The van der Waals surface area contributed by atoms with Crippen LogP contribution in [0.15, 0.2) is 70.2 Å². The summed E-state index contributed by atoms with van der Waals surface area (Å²) in [6.45, 7) is 0.702. The van der Waals surface area contributed by atoms with Crippen molar-refractivity contribution in [3.8, 4) is 17.2 Å². The second kappa shape index (κ2) is 10.4. The van der Waals surface area contributed by atoms with Crippen molar-refractivity contribution in [3.63, 3.8) is 0 Å². The number of fused-ring (bicyclic) bond motifs is 1. The molecular weight excluding hydrogens is 498 g/mol. The lowest BCUT2D eigenvalue weighted by Crippen LogP contribution is -2.25. The molecule has 3 aromatic rings. The van der Waals surface area contributed by atoms with Crippen LogP contribution in [-0.2, 0) is 11.4 Å². The largest absolute Gasteiger partial charge is 0.488 e. The van der Waals surface area contributed by atoms with Crippen molar-refractivity contribution in [1.29, 1.82) is 0 Å². The minimum Gasteiger partial charge on any atom is -0.488 e. The molecule has 164 valence electrons. The van der Waals surface area contributed by atoms with Gasteiger partial charge in [-0.2, -0.15) is 5.10 Å². The van der Waals surface area contributed by atoms with Crippen LogP contribution >= 0.6 is 27.5 Å².